The number of hydrazone groups is 1. The second kappa shape index (κ2) is 6.54. The van der Waals surface area contributed by atoms with E-state index in [1.54, 1.807) is 0 Å². The summed E-state index contributed by atoms with van der Waals surface area (Å²) in [6.45, 7) is 1.39. The first-order valence-electron chi connectivity index (χ1n) is 5.34. The summed E-state index contributed by atoms with van der Waals surface area (Å²) in [7, 11) is 0. The smallest absolute Gasteiger partial charge is 0.275 e. The highest BCUT2D eigenvalue weighted by atomic mass is 32.2. The topological polar surface area (TPSA) is 24.4 Å². The van der Waals surface area contributed by atoms with Gasteiger partial charge in [-0.25, -0.2) is 4.39 Å². The summed E-state index contributed by atoms with van der Waals surface area (Å²) >= 11 is 0.410. The molecule has 0 radical (unpaired) electrons. The number of benzene rings is 1. The Morgan fingerprint density at radius 3 is 2.33 bits per heavy atom. The Balaban J connectivity index is 2.88. The lowest BCUT2D eigenvalue weighted by molar-refractivity contribution is -0.105. The van der Waals surface area contributed by atoms with Gasteiger partial charge in [-0.2, -0.15) is 31.4 Å². The Kier molecular flexibility index (Phi) is 5.48. The van der Waals surface area contributed by atoms with E-state index in [0.717, 1.165) is 12.1 Å². The van der Waals surface area contributed by atoms with Crippen LogP contribution in [0.1, 0.15) is 5.56 Å². The molecule has 0 saturated carbocycles. The number of nitrogens with zero attached hydrogens (tertiary/aromatic N) is 1. The minimum Gasteiger partial charge on any atom is -0.275 e. The molecule has 1 aromatic carbocycles. The fourth-order valence-electron chi connectivity index (χ4n) is 1.23. The van der Waals surface area contributed by atoms with Gasteiger partial charge in [0, 0.05) is 4.90 Å². The molecule has 10 heteroatoms. The lowest BCUT2D eigenvalue weighted by Crippen LogP contribution is -2.11. The number of aryl methyl sites for hydroxylation is 1. The summed E-state index contributed by atoms with van der Waals surface area (Å²) in [5, 5.41) is 2.78. The third kappa shape index (κ3) is 6.69. The maximum atomic E-state index is 13.5. The molecule has 0 aromatic heterocycles. The molecule has 0 aliphatic rings. The normalized spacial score (nSPS) is 13.0. The highest BCUT2D eigenvalue weighted by Gasteiger charge is 2.28. The molecule has 118 valence electrons. The maximum Gasteiger partial charge on any atom is 0.428 e. The maximum absolute atomic E-state index is 13.5. The summed E-state index contributed by atoms with van der Waals surface area (Å²) in [5.41, 5.74) is 1.62. The first-order valence-corrected chi connectivity index (χ1v) is 6.33. The molecule has 1 aromatic rings. The predicted octanol–water partition coefficient (Wildman–Crippen LogP) is 4.75. The zero-order chi connectivity index (χ0) is 16.3. The number of halogens is 7. The summed E-state index contributed by atoms with van der Waals surface area (Å²) in [4.78, 5) is 0.0958. The minimum absolute atomic E-state index is 0.0958. The second-order valence-electron chi connectivity index (χ2n) is 3.91. The molecule has 0 bridgehead atoms. The second-order valence-corrected chi connectivity index (χ2v) is 4.93. The molecule has 0 heterocycles. The van der Waals surface area contributed by atoms with Crippen molar-refractivity contribution in [2.45, 2.75) is 24.2 Å². The summed E-state index contributed by atoms with van der Waals surface area (Å²) in [6.07, 6.45) is -9.48. The number of hydrogen-bond acceptors (Lipinski definition) is 3. The molecule has 0 amide bonds. The van der Waals surface area contributed by atoms with Crippen LogP contribution in [0.4, 0.5) is 36.4 Å². The molecule has 0 spiro atoms. The van der Waals surface area contributed by atoms with Crippen LogP contribution >= 0.6 is 11.8 Å². The van der Waals surface area contributed by atoms with Crippen molar-refractivity contribution in [3.05, 3.63) is 23.5 Å². The van der Waals surface area contributed by atoms with Crippen LogP contribution in [-0.2, 0) is 0 Å². The van der Waals surface area contributed by atoms with Crippen LogP contribution in [0.15, 0.2) is 22.1 Å². The monoisotopic (exact) mass is 334 g/mol. The third-order valence-electron chi connectivity index (χ3n) is 2.05. The fourth-order valence-corrected chi connectivity index (χ4v) is 2.04. The average molecular weight is 334 g/mol. The van der Waals surface area contributed by atoms with Crippen molar-refractivity contribution in [3.63, 3.8) is 0 Å². The van der Waals surface area contributed by atoms with E-state index in [1.165, 1.54) is 6.92 Å². The van der Waals surface area contributed by atoms with E-state index in [0.29, 0.717) is 11.8 Å². The van der Waals surface area contributed by atoms with Gasteiger partial charge in [-0.05, 0) is 24.6 Å². The lowest BCUT2D eigenvalue weighted by atomic mass is 10.2. The molecule has 1 N–H and O–H groups in total. The highest BCUT2D eigenvalue weighted by molar-refractivity contribution is 7.99. The van der Waals surface area contributed by atoms with Crippen LogP contribution in [0.2, 0.25) is 0 Å². The molecule has 2 nitrogen and oxygen atoms in total. The average Bonchev–Trinajstić information content (AvgIpc) is 2.27. The summed E-state index contributed by atoms with van der Waals surface area (Å²) in [6, 6.07) is 1.90. The molecular weight excluding hydrogens is 325 g/mol. The van der Waals surface area contributed by atoms with Crippen LogP contribution in [0.3, 0.4) is 0 Å². The van der Waals surface area contributed by atoms with Gasteiger partial charge in [-0.15, -0.1) is 11.8 Å². The van der Waals surface area contributed by atoms with E-state index in [-0.39, 0.29) is 10.5 Å². The number of anilines is 1. The van der Waals surface area contributed by atoms with Gasteiger partial charge in [0.1, 0.15) is 12.0 Å². The van der Waals surface area contributed by atoms with Crippen LogP contribution in [0, 0.1) is 12.7 Å². The Hall–Kier alpha value is -1.45. The standard InChI is InChI=1S/C11H9F7N2S/c1-6-2-7(12)8(20-19-4-10(13,14)15)3-9(6)21-5-11(16,17)18/h2-4,20H,5H2,1H3. The Labute approximate surface area is 119 Å². The van der Waals surface area contributed by atoms with Gasteiger partial charge >= 0.3 is 12.4 Å². The zero-order valence-corrected chi connectivity index (χ0v) is 11.3. The van der Waals surface area contributed by atoms with E-state index in [1.807, 2.05) is 5.43 Å². The fraction of sp³-hybridized carbons (Fsp3) is 0.364. The van der Waals surface area contributed by atoms with Gasteiger partial charge in [0.15, 0.2) is 0 Å². The van der Waals surface area contributed by atoms with E-state index < -0.39 is 35.8 Å². The van der Waals surface area contributed by atoms with Crippen molar-refractivity contribution in [2.75, 3.05) is 11.2 Å². The third-order valence-corrected chi connectivity index (χ3v) is 3.27. The van der Waals surface area contributed by atoms with Gasteiger partial charge in [-0.1, -0.05) is 0 Å². The van der Waals surface area contributed by atoms with Crippen LogP contribution < -0.4 is 5.43 Å². The van der Waals surface area contributed by atoms with Crippen LogP contribution in [-0.4, -0.2) is 24.3 Å². The van der Waals surface area contributed by atoms with E-state index in [2.05, 4.69) is 5.10 Å². The Morgan fingerprint density at radius 2 is 1.81 bits per heavy atom. The first-order chi connectivity index (χ1) is 9.48. The first kappa shape index (κ1) is 17.6. The molecule has 1 rings (SSSR count). The molecule has 0 unspecified atom stereocenters. The molecule has 0 saturated heterocycles. The number of rotatable bonds is 4. The van der Waals surface area contributed by atoms with Gasteiger partial charge in [0.25, 0.3) is 0 Å². The van der Waals surface area contributed by atoms with Crippen molar-refractivity contribution in [3.8, 4) is 0 Å². The summed E-state index contributed by atoms with van der Waals surface area (Å²) < 4.78 is 85.4. The highest BCUT2D eigenvalue weighted by Crippen LogP contribution is 2.32. The van der Waals surface area contributed by atoms with Crippen molar-refractivity contribution >= 4 is 23.7 Å². The zero-order valence-electron chi connectivity index (χ0n) is 10.4. The number of nitrogens with one attached hydrogen (secondary N) is 1. The van der Waals surface area contributed by atoms with Gasteiger partial charge < -0.3 is 0 Å². The van der Waals surface area contributed by atoms with Gasteiger partial charge in [0.05, 0.1) is 11.4 Å². The van der Waals surface area contributed by atoms with E-state index in [9.17, 15) is 30.7 Å². The molecule has 0 fully saturated rings. The number of hydrogen-bond donors (Lipinski definition) is 1. The predicted molar refractivity (Wildman–Crippen MR) is 66.1 cm³/mol. The van der Waals surface area contributed by atoms with Crippen molar-refractivity contribution in [1.29, 1.82) is 0 Å². The quantitative estimate of drug-likeness (QED) is 0.372. The van der Waals surface area contributed by atoms with Crippen LogP contribution in [0.25, 0.3) is 0 Å². The molecule has 0 aliphatic carbocycles. The minimum atomic E-state index is -4.68. The number of thioether (sulfide) groups is 1. The van der Waals surface area contributed by atoms with Crippen molar-refractivity contribution in [2.24, 2.45) is 5.10 Å². The van der Waals surface area contributed by atoms with Crippen molar-refractivity contribution < 1.29 is 30.7 Å². The van der Waals surface area contributed by atoms with Crippen LogP contribution in [0.5, 0.6) is 0 Å². The molecular formula is C11H9F7N2S. The number of alkyl halides is 6. The van der Waals surface area contributed by atoms with E-state index >= 15 is 0 Å². The molecule has 0 atom stereocenters. The SMILES string of the molecule is Cc1cc(F)c(NN=CC(F)(F)F)cc1SCC(F)(F)F. The Bertz CT molecular complexity index is 523. The van der Waals surface area contributed by atoms with Gasteiger partial charge in [0.2, 0.25) is 0 Å². The van der Waals surface area contributed by atoms with E-state index in [4.69, 9.17) is 0 Å². The lowest BCUT2D eigenvalue weighted by Gasteiger charge is -2.11. The molecule has 21 heavy (non-hydrogen) atoms. The van der Waals surface area contributed by atoms with Gasteiger partial charge in [-0.3, -0.25) is 5.43 Å². The Morgan fingerprint density at radius 1 is 1.19 bits per heavy atom. The summed E-state index contributed by atoms with van der Waals surface area (Å²) in [5.74, 6) is -2.10. The van der Waals surface area contributed by atoms with Crippen molar-refractivity contribution in [1.82, 2.24) is 0 Å². The largest absolute Gasteiger partial charge is 0.428 e. The molecule has 0 aliphatic heterocycles.